The first-order valence-electron chi connectivity index (χ1n) is 14.6. The molecule has 3 aromatic carbocycles. The molecule has 0 radical (unpaired) electrons. The van der Waals surface area contributed by atoms with Crippen LogP contribution in [0.15, 0.2) is 72.9 Å². The van der Waals surface area contributed by atoms with Gasteiger partial charge in [-0.1, -0.05) is 18.2 Å². The van der Waals surface area contributed by atoms with E-state index < -0.39 is 42.5 Å². The van der Waals surface area contributed by atoms with Gasteiger partial charge < -0.3 is 36.3 Å². The van der Waals surface area contributed by atoms with E-state index in [1.54, 1.807) is 67.7 Å². The fourth-order valence-corrected chi connectivity index (χ4v) is 4.73. The number of nitrogens with zero attached hydrogens (tertiary/aromatic N) is 1. The summed E-state index contributed by atoms with van der Waals surface area (Å²) < 4.78 is 54.0. The van der Waals surface area contributed by atoms with E-state index in [1.165, 1.54) is 12.1 Å². The number of anilines is 3. The van der Waals surface area contributed by atoms with Crippen molar-refractivity contribution >= 4 is 45.8 Å². The maximum absolute atomic E-state index is 14.1. The monoisotopic (exact) mass is 653 g/mol. The Morgan fingerprint density at radius 3 is 2.38 bits per heavy atom. The zero-order chi connectivity index (χ0) is 34.3. The zero-order valence-corrected chi connectivity index (χ0v) is 25.8. The lowest BCUT2D eigenvalue weighted by molar-refractivity contribution is -0.202. The number of fused-ring (bicyclic) bond motifs is 1. The molecule has 0 aliphatic heterocycles. The minimum Gasteiger partial charge on any atom is -0.490 e. The Hall–Kier alpha value is -5.53. The van der Waals surface area contributed by atoms with Gasteiger partial charge in [0.05, 0.1) is 25.2 Å². The van der Waals surface area contributed by atoms with Crippen molar-refractivity contribution in [3.05, 3.63) is 84.1 Å². The van der Waals surface area contributed by atoms with E-state index >= 15 is 0 Å². The second kappa shape index (κ2) is 14.7. The largest absolute Gasteiger partial charge is 0.491 e. The zero-order valence-electron chi connectivity index (χ0n) is 25.8. The molecule has 1 aromatic heterocycles. The van der Waals surface area contributed by atoms with Crippen molar-refractivity contribution in [1.82, 2.24) is 10.3 Å². The predicted molar refractivity (Wildman–Crippen MR) is 169 cm³/mol. The van der Waals surface area contributed by atoms with Crippen LogP contribution < -0.4 is 31.6 Å². The van der Waals surface area contributed by atoms with Gasteiger partial charge in [-0.25, -0.2) is 9.78 Å². The van der Waals surface area contributed by atoms with E-state index in [1.807, 2.05) is 13.8 Å². The van der Waals surface area contributed by atoms with Gasteiger partial charge in [-0.05, 0) is 85.8 Å². The average molecular weight is 654 g/mol. The minimum atomic E-state index is -5.38. The fraction of sp³-hybridized carbons (Fsp3) is 0.273. The van der Waals surface area contributed by atoms with Crippen molar-refractivity contribution in [3.63, 3.8) is 0 Å². The molecule has 0 aliphatic carbocycles. The molecule has 248 valence electrons. The van der Waals surface area contributed by atoms with Crippen molar-refractivity contribution < 1.29 is 41.8 Å². The molecule has 14 heteroatoms. The number of hydrogen-bond donors (Lipinski definition) is 4. The number of amides is 1. The van der Waals surface area contributed by atoms with Crippen LogP contribution in [-0.4, -0.2) is 41.7 Å². The third-order valence-corrected chi connectivity index (χ3v) is 6.77. The first kappa shape index (κ1) is 34.3. The smallest absolute Gasteiger partial charge is 0.490 e. The van der Waals surface area contributed by atoms with Crippen molar-refractivity contribution in [2.75, 3.05) is 23.4 Å². The summed E-state index contributed by atoms with van der Waals surface area (Å²) in [5, 5.41) is 7.35. The van der Waals surface area contributed by atoms with E-state index in [-0.39, 0.29) is 17.4 Å². The number of rotatable bonds is 12. The Labute approximate surface area is 268 Å². The summed E-state index contributed by atoms with van der Waals surface area (Å²) in [5.41, 5.74) is 13.4. The molecule has 0 saturated heterocycles. The van der Waals surface area contributed by atoms with E-state index in [9.17, 15) is 27.6 Å². The Bertz CT molecular complexity index is 1760. The van der Waals surface area contributed by atoms with Crippen LogP contribution in [0.25, 0.3) is 10.8 Å². The molecule has 4 aromatic rings. The average Bonchev–Trinajstić information content (AvgIpc) is 3.00. The summed E-state index contributed by atoms with van der Waals surface area (Å²) in [6, 6.07) is 15.6. The molecule has 1 unspecified atom stereocenters. The van der Waals surface area contributed by atoms with Crippen molar-refractivity contribution in [3.8, 4) is 11.5 Å². The number of nitrogens with one attached hydrogen (secondary N) is 2. The van der Waals surface area contributed by atoms with Crippen molar-refractivity contribution in [2.24, 2.45) is 0 Å². The number of aromatic nitrogens is 1. The van der Waals surface area contributed by atoms with Crippen LogP contribution in [0.1, 0.15) is 50.4 Å². The van der Waals surface area contributed by atoms with Crippen LogP contribution in [0.2, 0.25) is 0 Å². The SMILES string of the molecule is CCOc1cc(C(Nc2ccc3c(N)nccc3c2)C(=O)N[C@H](CC(=O)OC(=O)C(F)(F)F)c2cccc(N)c2)ccc1OC(C)C. The second-order valence-electron chi connectivity index (χ2n) is 10.7. The number of nitrogens with two attached hydrogens (primary N) is 2. The topological polar surface area (TPSA) is 168 Å². The van der Waals surface area contributed by atoms with Gasteiger partial charge in [-0.3, -0.25) is 9.59 Å². The Kier molecular flexibility index (Phi) is 10.7. The quantitative estimate of drug-likeness (QED) is 0.0856. The highest BCUT2D eigenvalue weighted by atomic mass is 19.4. The van der Waals surface area contributed by atoms with Gasteiger partial charge in [0, 0.05) is 23.0 Å². The van der Waals surface area contributed by atoms with Crippen LogP contribution in [-0.2, 0) is 19.1 Å². The first-order chi connectivity index (χ1) is 22.2. The van der Waals surface area contributed by atoms with Crippen LogP contribution in [0.4, 0.5) is 30.4 Å². The lowest BCUT2D eigenvalue weighted by Gasteiger charge is -2.25. The number of alkyl halides is 3. The molecule has 0 aliphatic rings. The number of carbonyl (C=O) groups excluding carboxylic acids is 3. The predicted octanol–water partition coefficient (Wildman–Crippen LogP) is 5.62. The highest BCUT2D eigenvalue weighted by Crippen LogP contribution is 2.34. The molecule has 0 fully saturated rings. The van der Waals surface area contributed by atoms with E-state index in [4.69, 9.17) is 20.9 Å². The van der Waals surface area contributed by atoms with Crippen LogP contribution in [0.5, 0.6) is 11.5 Å². The van der Waals surface area contributed by atoms with Gasteiger partial charge >= 0.3 is 18.1 Å². The van der Waals surface area contributed by atoms with E-state index in [2.05, 4.69) is 20.4 Å². The van der Waals surface area contributed by atoms with Gasteiger partial charge in [-0.15, -0.1) is 0 Å². The molecule has 1 amide bonds. The number of nitrogen functional groups attached to an aromatic ring is 2. The molecule has 6 N–H and O–H groups in total. The van der Waals surface area contributed by atoms with Gasteiger partial charge in [0.15, 0.2) is 11.5 Å². The summed E-state index contributed by atoms with van der Waals surface area (Å²) >= 11 is 0. The number of esters is 2. The molecule has 11 nitrogen and oxygen atoms in total. The standard InChI is InChI=1S/C33H34F3N5O6/c1-4-45-27-16-21(8-11-26(27)46-18(2)3)29(40-23-9-10-24-19(15-23)12-13-39-30(24)38)31(43)41-25(20-6-5-7-22(37)14-20)17-28(42)47-32(44)33(34,35)36/h5-16,18,25,29,40H,4,17,37H2,1-3H3,(H2,38,39)(H,41,43)/t25-,29?/m1/s1. The van der Waals surface area contributed by atoms with Crippen molar-refractivity contribution in [1.29, 1.82) is 0 Å². The summed E-state index contributed by atoms with van der Waals surface area (Å²) in [6.45, 7) is 5.81. The fourth-order valence-electron chi connectivity index (χ4n) is 4.73. The number of halogens is 3. The first-order valence-corrected chi connectivity index (χ1v) is 14.6. The molecule has 0 saturated carbocycles. The van der Waals surface area contributed by atoms with Crippen LogP contribution in [0.3, 0.4) is 0 Å². The number of hydrogen-bond acceptors (Lipinski definition) is 10. The lowest BCUT2D eigenvalue weighted by Crippen LogP contribution is -2.38. The van der Waals surface area contributed by atoms with E-state index in [0.717, 1.165) is 5.39 Å². The van der Waals surface area contributed by atoms with Gasteiger partial charge in [-0.2, -0.15) is 13.2 Å². The molecule has 1 heterocycles. The second-order valence-corrected chi connectivity index (χ2v) is 10.7. The summed E-state index contributed by atoms with van der Waals surface area (Å²) in [5.74, 6) is -3.70. The summed E-state index contributed by atoms with van der Waals surface area (Å²) in [4.78, 5) is 42.0. The Morgan fingerprint density at radius 1 is 0.936 bits per heavy atom. The number of carbonyl (C=O) groups is 3. The number of benzene rings is 3. The molecule has 4 rings (SSSR count). The maximum atomic E-state index is 14.1. The van der Waals surface area contributed by atoms with Gasteiger partial charge in [0.1, 0.15) is 11.9 Å². The van der Waals surface area contributed by atoms with Crippen LogP contribution >= 0.6 is 0 Å². The Balaban J connectivity index is 1.73. The summed E-state index contributed by atoms with van der Waals surface area (Å²) in [7, 11) is 0. The molecule has 47 heavy (non-hydrogen) atoms. The van der Waals surface area contributed by atoms with E-state index in [0.29, 0.717) is 40.6 Å². The lowest BCUT2D eigenvalue weighted by atomic mass is 10.00. The molecule has 0 bridgehead atoms. The molecule has 0 spiro atoms. The maximum Gasteiger partial charge on any atom is 0.491 e. The number of pyridine rings is 1. The highest BCUT2D eigenvalue weighted by Gasteiger charge is 2.42. The molecular formula is C33H34F3N5O6. The van der Waals surface area contributed by atoms with Gasteiger partial charge in [0.2, 0.25) is 5.91 Å². The van der Waals surface area contributed by atoms with Crippen LogP contribution in [0, 0.1) is 0 Å². The van der Waals surface area contributed by atoms with Crippen molar-refractivity contribution in [2.45, 2.75) is 51.6 Å². The summed E-state index contributed by atoms with van der Waals surface area (Å²) in [6.07, 6.45) is -4.81. The molecule has 2 atom stereocenters. The third-order valence-electron chi connectivity index (χ3n) is 6.77. The number of ether oxygens (including phenoxy) is 3. The minimum absolute atomic E-state index is 0.167. The normalized spacial score (nSPS) is 12.7. The van der Waals surface area contributed by atoms with Gasteiger partial charge in [0.25, 0.3) is 0 Å². The Morgan fingerprint density at radius 2 is 1.70 bits per heavy atom. The molecular weight excluding hydrogens is 619 g/mol. The highest BCUT2D eigenvalue weighted by molar-refractivity contribution is 5.94. The third kappa shape index (κ3) is 9.02.